The lowest BCUT2D eigenvalue weighted by molar-refractivity contribution is -0.302. The van der Waals surface area contributed by atoms with Crippen LogP contribution in [0.4, 0.5) is 13.2 Å². The smallest absolute Gasteiger partial charge is 0.438 e. The van der Waals surface area contributed by atoms with E-state index in [4.69, 9.17) is 4.74 Å². The number of carbonyl (C=O) groups is 1. The number of halogens is 3. The van der Waals surface area contributed by atoms with Crippen molar-refractivity contribution in [1.29, 1.82) is 0 Å². The fraction of sp³-hybridized carbons (Fsp3) is 0.467. The molecule has 1 heterocycles. The Balaban J connectivity index is 1.99. The Labute approximate surface area is 130 Å². The lowest BCUT2D eigenvalue weighted by atomic mass is 10.0. The normalized spacial score (nSPS) is 24.6. The Morgan fingerprint density at radius 1 is 1.43 bits per heavy atom. The standard InChI is InChI=1S/C15H15F3N2O3/c1-23-11-4-2-3-10(7-11)12-8-14(22,15(16,17)18)20(19-12)13(21)9-5-6-9/h2-4,7,9,22H,5-6,8H2,1H3/t14-/m0/s1. The molecule has 0 saturated heterocycles. The second-order valence-electron chi connectivity index (χ2n) is 5.69. The number of nitrogens with zero attached hydrogens (tertiary/aromatic N) is 2. The van der Waals surface area contributed by atoms with Gasteiger partial charge in [0.25, 0.3) is 5.72 Å². The molecule has 124 valence electrons. The molecule has 1 fully saturated rings. The van der Waals surface area contributed by atoms with Crippen LogP contribution in [0.2, 0.25) is 0 Å². The molecule has 0 aromatic heterocycles. The number of rotatable bonds is 3. The molecule has 1 amide bonds. The number of ether oxygens (including phenoxy) is 1. The van der Waals surface area contributed by atoms with E-state index in [1.54, 1.807) is 18.2 Å². The van der Waals surface area contributed by atoms with E-state index in [1.165, 1.54) is 13.2 Å². The number of aliphatic hydroxyl groups is 1. The van der Waals surface area contributed by atoms with E-state index >= 15 is 0 Å². The molecule has 1 aliphatic carbocycles. The highest BCUT2D eigenvalue weighted by molar-refractivity contribution is 6.04. The quantitative estimate of drug-likeness (QED) is 0.926. The molecule has 1 N–H and O–H groups in total. The molecule has 1 aromatic rings. The highest BCUT2D eigenvalue weighted by Gasteiger charge is 2.64. The van der Waals surface area contributed by atoms with Crippen molar-refractivity contribution in [3.05, 3.63) is 29.8 Å². The van der Waals surface area contributed by atoms with E-state index in [0.29, 0.717) is 24.2 Å². The van der Waals surface area contributed by atoms with Crippen molar-refractivity contribution in [2.45, 2.75) is 31.2 Å². The maximum absolute atomic E-state index is 13.3. The van der Waals surface area contributed by atoms with E-state index in [2.05, 4.69) is 5.10 Å². The minimum absolute atomic E-state index is 0.00211. The Bertz CT molecular complexity index is 670. The van der Waals surface area contributed by atoms with Gasteiger partial charge in [-0.2, -0.15) is 23.3 Å². The molecule has 0 unspecified atom stereocenters. The number of amides is 1. The first kappa shape index (κ1) is 15.8. The van der Waals surface area contributed by atoms with Crippen molar-refractivity contribution in [1.82, 2.24) is 5.01 Å². The molecule has 5 nitrogen and oxygen atoms in total. The predicted octanol–water partition coefficient (Wildman–Crippen LogP) is 2.29. The molecule has 1 aromatic carbocycles. The minimum Gasteiger partial charge on any atom is -0.497 e. The molecule has 1 atom stereocenters. The number of hydrogen-bond donors (Lipinski definition) is 1. The molecule has 1 aliphatic heterocycles. The van der Waals surface area contributed by atoms with Crippen LogP contribution in [0.1, 0.15) is 24.8 Å². The van der Waals surface area contributed by atoms with E-state index in [0.717, 1.165) is 0 Å². The van der Waals surface area contributed by atoms with Crippen LogP contribution in [0.25, 0.3) is 0 Å². The third-order valence-electron chi connectivity index (χ3n) is 3.98. The van der Waals surface area contributed by atoms with Crippen LogP contribution in [-0.2, 0) is 4.79 Å². The number of carbonyl (C=O) groups excluding carboxylic acids is 1. The van der Waals surface area contributed by atoms with Crippen LogP contribution in [0.5, 0.6) is 5.75 Å². The molecular weight excluding hydrogens is 313 g/mol. The van der Waals surface area contributed by atoms with Gasteiger partial charge in [-0.3, -0.25) is 4.79 Å². The van der Waals surface area contributed by atoms with Crippen molar-refractivity contribution in [2.75, 3.05) is 7.11 Å². The van der Waals surface area contributed by atoms with Crippen molar-refractivity contribution in [3.8, 4) is 5.75 Å². The maximum atomic E-state index is 13.3. The van der Waals surface area contributed by atoms with Gasteiger partial charge in [-0.05, 0) is 25.0 Å². The third-order valence-corrected chi connectivity index (χ3v) is 3.98. The Kier molecular flexibility index (Phi) is 3.59. The van der Waals surface area contributed by atoms with Crippen LogP contribution in [0.15, 0.2) is 29.4 Å². The van der Waals surface area contributed by atoms with Gasteiger partial charge in [-0.1, -0.05) is 12.1 Å². The Morgan fingerprint density at radius 3 is 2.70 bits per heavy atom. The summed E-state index contributed by atoms with van der Waals surface area (Å²) in [7, 11) is 1.44. The molecule has 0 bridgehead atoms. The number of hydrogen-bond acceptors (Lipinski definition) is 4. The fourth-order valence-electron chi connectivity index (χ4n) is 2.46. The van der Waals surface area contributed by atoms with E-state index in [-0.39, 0.29) is 10.7 Å². The molecule has 2 aliphatic rings. The lowest BCUT2D eigenvalue weighted by Crippen LogP contribution is -2.57. The summed E-state index contributed by atoms with van der Waals surface area (Å²) >= 11 is 0. The Hall–Kier alpha value is -2.09. The van der Waals surface area contributed by atoms with Gasteiger partial charge in [0, 0.05) is 11.5 Å². The largest absolute Gasteiger partial charge is 0.497 e. The van der Waals surface area contributed by atoms with Crippen molar-refractivity contribution >= 4 is 11.6 Å². The third kappa shape index (κ3) is 2.67. The van der Waals surface area contributed by atoms with Crippen LogP contribution in [-0.4, -0.2) is 40.7 Å². The summed E-state index contributed by atoms with van der Waals surface area (Å²) in [5.41, 5.74) is -2.93. The monoisotopic (exact) mass is 328 g/mol. The maximum Gasteiger partial charge on any atom is 0.438 e. The minimum atomic E-state index is -5.00. The first-order valence-electron chi connectivity index (χ1n) is 7.11. The molecule has 0 radical (unpaired) electrons. The zero-order chi connectivity index (χ0) is 16.8. The molecular formula is C15H15F3N2O3. The number of hydrazone groups is 1. The summed E-state index contributed by atoms with van der Waals surface area (Å²) in [5, 5.41) is 14.1. The van der Waals surface area contributed by atoms with Crippen LogP contribution in [0.3, 0.4) is 0 Å². The first-order chi connectivity index (χ1) is 10.8. The average Bonchev–Trinajstić information content (AvgIpc) is 3.28. The molecule has 3 rings (SSSR count). The summed E-state index contributed by atoms with van der Waals surface area (Å²) in [4.78, 5) is 12.1. The predicted molar refractivity (Wildman–Crippen MR) is 74.7 cm³/mol. The van der Waals surface area contributed by atoms with Crippen LogP contribution >= 0.6 is 0 Å². The van der Waals surface area contributed by atoms with Crippen molar-refractivity contribution in [2.24, 2.45) is 11.0 Å². The van der Waals surface area contributed by atoms with Gasteiger partial charge in [0.15, 0.2) is 0 Å². The lowest BCUT2D eigenvalue weighted by Gasteiger charge is -2.32. The fourth-order valence-corrected chi connectivity index (χ4v) is 2.46. The first-order valence-corrected chi connectivity index (χ1v) is 7.11. The summed E-state index contributed by atoms with van der Waals surface area (Å²) in [6, 6.07) is 6.32. The SMILES string of the molecule is COc1cccc(C2=NN(C(=O)C3CC3)[C@@](O)(C(F)(F)F)C2)c1. The van der Waals surface area contributed by atoms with Crippen LogP contribution in [0, 0.1) is 5.92 Å². The molecule has 1 saturated carbocycles. The number of alkyl halides is 3. The van der Waals surface area contributed by atoms with E-state index in [9.17, 15) is 23.1 Å². The second-order valence-corrected chi connectivity index (χ2v) is 5.69. The van der Waals surface area contributed by atoms with Crippen LogP contribution < -0.4 is 4.74 Å². The summed E-state index contributed by atoms with van der Waals surface area (Å²) in [6.07, 6.45) is -4.76. The molecule has 23 heavy (non-hydrogen) atoms. The Morgan fingerprint density at radius 2 is 2.13 bits per heavy atom. The summed E-state index contributed by atoms with van der Waals surface area (Å²) < 4.78 is 45.0. The van der Waals surface area contributed by atoms with Gasteiger partial charge in [-0.25, -0.2) is 0 Å². The molecule has 8 heteroatoms. The topological polar surface area (TPSA) is 62.1 Å². The summed E-state index contributed by atoms with van der Waals surface area (Å²) in [6.45, 7) is 0. The summed E-state index contributed by atoms with van der Waals surface area (Å²) in [5.74, 6) is -0.826. The molecule has 0 spiro atoms. The van der Waals surface area contributed by atoms with E-state index in [1.807, 2.05) is 0 Å². The van der Waals surface area contributed by atoms with Crippen molar-refractivity contribution in [3.63, 3.8) is 0 Å². The van der Waals surface area contributed by atoms with Gasteiger partial charge >= 0.3 is 6.18 Å². The highest BCUT2D eigenvalue weighted by atomic mass is 19.4. The van der Waals surface area contributed by atoms with Gasteiger partial charge in [0.2, 0.25) is 5.91 Å². The average molecular weight is 328 g/mol. The zero-order valence-corrected chi connectivity index (χ0v) is 12.3. The van der Waals surface area contributed by atoms with Gasteiger partial charge in [-0.15, -0.1) is 0 Å². The zero-order valence-electron chi connectivity index (χ0n) is 12.3. The number of benzene rings is 1. The number of methoxy groups -OCH3 is 1. The van der Waals surface area contributed by atoms with E-state index < -0.39 is 30.1 Å². The van der Waals surface area contributed by atoms with Gasteiger partial charge in [0.05, 0.1) is 19.2 Å². The van der Waals surface area contributed by atoms with Gasteiger partial charge < -0.3 is 9.84 Å². The second kappa shape index (κ2) is 5.23. The van der Waals surface area contributed by atoms with Crippen molar-refractivity contribution < 1.29 is 27.8 Å². The van der Waals surface area contributed by atoms with Gasteiger partial charge in [0.1, 0.15) is 5.75 Å². The highest BCUT2D eigenvalue weighted by Crippen LogP contribution is 2.44.